The lowest BCUT2D eigenvalue weighted by molar-refractivity contribution is 0.193. The van der Waals surface area contributed by atoms with Gasteiger partial charge < -0.3 is 8.95 Å². The van der Waals surface area contributed by atoms with Crippen LogP contribution in [-0.2, 0) is 8.95 Å². The van der Waals surface area contributed by atoms with E-state index in [2.05, 4.69) is 19.0 Å². The Bertz CT molecular complexity index is 178. The first-order chi connectivity index (χ1) is 5.89. The van der Waals surface area contributed by atoms with Crippen molar-refractivity contribution in [1.29, 1.82) is 0 Å². The quantitative estimate of drug-likeness (QED) is 0.391. The molecule has 0 atom stereocenters. The van der Waals surface area contributed by atoms with Gasteiger partial charge in [-0.05, 0) is 32.9 Å². The minimum atomic E-state index is -2.00. The van der Waals surface area contributed by atoms with Gasteiger partial charge in [0.05, 0.1) is 5.71 Å². The highest BCUT2D eigenvalue weighted by Gasteiger charge is 2.26. The topological polar surface area (TPSA) is 30.8 Å². The van der Waals surface area contributed by atoms with Crippen molar-refractivity contribution in [2.24, 2.45) is 11.1 Å². The second-order valence-corrected chi connectivity index (χ2v) is 7.08. The van der Waals surface area contributed by atoms with E-state index >= 15 is 0 Å². The van der Waals surface area contributed by atoms with Gasteiger partial charge in [-0.2, -0.15) is 0 Å². The van der Waals surface area contributed by atoms with E-state index in [0.717, 1.165) is 5.71 Å². The Balaban J connectivity index is 4.05. The van der Waals surface area contributed by atoms with E-state index in [4.69, 9.17) is 8.95 Å². The molecule has 0 rings (SSSR count). The van der Waals surface area contributed by atoms with Crippen LogP contribution in [0.25, 0.3) is 0 Å². The molecule has 0 aliphatic heterocycles. The van der Waals surface area contributed by atoms with Crippen LogP contribution in [0.3, 0.4) is 0 Å². The number of nitrogens with zero attached hydrogens (tertiary/aromatic N) is 1. The molecule has 0 aromatic rings. The summed E-state index contributed by atoms with van der Waals surface area (Å²) in [6.07, 6.45) is 0. The Morgan fingerprint density at radius 1 is 1.38 bits per heavy atom. The Hall–Kier alpha value is -0.353. The van der Waals surface area contributed by atoms with E-state index in [9.17, 15) is 0 Å². The van der Waals surface area contributed by atoms with Crippen LogP contribution in [0.2, 0.25) is 13.1 Å². The highest BCUT2D eigenvalue weighted by molar-refractivity contribution is 6.64. The zero-order valence-electron chi connectivity index (χ0n) is 9.55. The van der Waals surface area contributed by atoms with Gasteiger partial charge in [0.2, 0.25) is 0 Å². The Kier molecular flexibility index (Phi) is 5.25. The summed E-state index contributed by atoms with van der Waals surface area (Å²) in [5, 5.41) is 4.07. The first kappa shape index (κ1) is 12.6. The number of hydrogen-bond acceptors (Lipinski definition) is 3. The van der Waals surface area contributed by atoms with Crippen molar-refractivity contribution >= 4 is 14.3 Å². The fraction of sp³-hybridized carbons (Fsp3) is 0.889. The van der Waals surface area contributed by atoms with Crippen LogP contribution in [0.5, 0.6) is 0 Å². The third-order valence-corrected chi connectivity index (χ3v) is 3.25. The molecule has 0 amide bonds. The lowest BCUT2D eigenvalue weighted by Crippen LogP contribution is -2.33. The standard InChI is InChI=1S/C9H21NO2Si/c1-7-11-13(5,6)12-10-9(4)8(2)3/h8H,7H2,1-6H3. The molecule has 4 heteroatoms. The summed E-state index contributed by atoms with van der Waals surface area (Å²) in [6, 6.07) is 0. The molecule has 0 spiro atoms. The fourth-order valence-corrected chi connectivity index (χ4v) is 1.77. The van der Waals surface area contributed by atoms with Crippen LogP contribution in [-0.4, -0.2) is 20.9 Å². The Morgan fingerprint density at radius 3 is 2.31 bits per heavy atom. The molecule has 0 heterocycles. The maximum Gasteiger partial charge on any atom is 0.421 e. The highest BCUT2D eigenvalue weighted by atomic mass is 28.4. The van der Waals surface area contributed by atoms with E-state index in [1.807, 2.05) is 26.9 Å². The van der Waals surface area contributed by atoms with Gasteiger partial charge in [-0.25, -0.2) is 0 Å². The molecule has 0 saturated carbocycles. The Labute approximate surface area is 82.4 Å². The monoisotopic (exact) mass is 203 g/mol. The lowest BCUT2D eigenvalue weighted by Gasteiger charge is -2.19. The van der Waals surface area contributed by atoms with Crippen molar-refractivity contribution in [3.8, 4) is 0 Å². The SMILES string of the molecule is CCO[Si](C)(C)ON=C(C)C(C)C. The molecule has 78 valence electrons. The van der Waals surface area contributed by atoms with Gasteiger partial charge in [0.1, 0.15) is 0 Å². The number of rotatable bonds is 5. The largest absolute Gasteiger partial charge is 0.422 e. The fourth-order valence-electron chi connectivity index (χ4n) is 0.661. The molecule has 3 nitrogen and oxygen atoms in total. The van der Waals surface area contributed by atoms with Gasteiger partial charge in [-0.1, -0.05) is 13.8 Å². The minimum absolute atomic E-state index is 0.437. The molecular weight excluding hydrogens is 182 g/mol. The van der Waals surface area contributed by atoms with E-state index in [1.54, 1.807) is 0 Å². The maximum absolute atomic E-state index is 5.47. The van der Waals surface area contributed by atoms with E-state index in [0.29, 0.717) is 12.5 Å². The van der Waals surface area contributed by atoms with Crippen LogP contribution in [0.15, 0.2) is 5.16 Å². The smallest absolute Gasteiger partial charge is 0.421 e. The summed E-state index contributed by atoms with van der Waals surface area (Å²) < 4.78 is 10.9. The minimum Gasteiger partial charge on any atom is -0.422 e. The first-order valence-corrected chi connectivity index (χ1v) is 7.57. The van der Waals surface area contributed by atoms with E-state index in [1.165, 1.54) is 0 Å². The molecule has 0 aromatic heterocycles. The molecular formula is C9H21NO2Si. The van der Waals surface area contributed by atoms with Crippen LogP contribution >= 0.6 is 0 Å². The normalized spacial score (nSPS) is 13.6. The first-order valence-electron chi connectivity index (χ1n) is 4.75. The predicted octanol–water partition coefficient (Wildman–Crippen LogP) is 2.77. The van der Waals surface area contributed by atoms with Gasteiger partial charge >= 0.3 is 8.56 Å². The summed E-state index contributed by atoms with van der Waals surface area (Å²) in [7, 11) is -2.00. The van der Waals surface area contributed by atoms with Crippen LogP contribution in [0, 0.1) is 5.92 Å². The van der Waals surface area contributed by atoms with Crippen molar-refractivity contribution in [3.05, 3.63) is 0 Å². The molecule has 0 aliphatic carbocycles. The zero-order valence-corrected chi connectivity index (χ0v) is 10.5. The summed E-state index contributed by atoms with van der Waals surface area (Å²) in [4.78, 5) is 0. The van der Waals surface area contributed by atoms with Crippen LogP contribution in [0.1, 0.15) is 27.7 Å². The molecule has 0 radical (unpaired) electrons. The van der Waals surface area contributed by atoms with Gasteiger partial charge in [-0.15, -0.1) is 5.16 Å². The van der Waals surface area contributed by atoms with Gasteiger partial charge in [0.15, 0.2) is 0 Å². The average molecular weight is 203 g/mol. The van der Waals surface area contributed by atoms with Gasteiger partial charge in [-0.3, -0.25) is 0 Å². The molecule has 13 heavy (non-hydrogen) atoms. The summed E-state index contributed by atoms with van der Waals surface area (Å²) >= 11 is 0. The van der Waals surface area contributed by atoms with Crippen molar-refractivity contribution in [3.63, 3.8) is 0 Å². The molecule has 0 unspecified atom stereocenters. The molecule has 0 saturated heterocycles. The second-order valence-electron chi connectivity index (χ2n) is 3.81. The van der Waals surface area contributed by atoms with Crippen LogP contribution in [0.4, 0.5) is 0 Å². The third kappa shape index (κ3) is 5.82. The molecule has 0 fully saturated rings. The Morgan fingerprint density at radius 2 is 1.92 bits per heavy atom. The number of oxime groups is 1. The van der Waals surface area contributed by atoms with Crippen molar-refractivity contribution in [1.82, 2.24) is 0 Å². The van der Waals surface area contributed by atoms with Crippen molar-refractivity contribution < 1.29 is 8.95 Å². The van der Waals surface area contributed by atoms with Crippen molar-refractivity contribution in [2.45, 2.75) is 40.8 Å². The molecule has 0 bridgehead atoms. The van der Waals surface area contributed by atoms with E-state index in [-0.39, 0.29) is 0 Å². The lowest BCUT2D eigenvalue weighted by atomic mass is 10.1. The zero-order chi connectivity index (χ0) is 10.5. The summed E-state index contributed by atoms with van der Waals surface area (Å²) in [5.41, 5.74) is 1.01. The highest BCUT2D eigenvalue weighted by Crippen LogP contribution is 2.08. The molecule has 0 aliphatic rings. The maximum atomic E-state index is 5.47. The predicted molar refractivity (Wildman–Crippen MR) is 58.1 cm³/mol. The summed E-state index contributed by atoms with van der Waals surface area (Å²) in [5.74, 6) is 0.437. The van der Waals surface area contributed by atoms with Crippen molar-refractivity contribution in [2.75, 3.05) is 6.61 Å². The third-order valence-electron chi connectivity index (χ3n) is 1.74. The average Bonchev–Trinajstić information content (AvgIpc) is 2.00. The number of hydrogen-bond donors (Lipinski definition) is 0. The van der Waals surface area contributed by atoms with Crippen LogP contribution < -0.4 is 0 Å². The molecule has 0 N–H and O–H groups in total. The molecule has 0 aromatic carbocycles. The van der Waals surface area contributed by atoms with E-state index < -0.39 is 8.56 Å². The van der Waals surface area contributed by atoms with Gasteiger partial charge in [0.25, 0.3) is 0 Å². The second kappa shape index (κ2) is 5.39. The van der Waals surface area contributed by atoms with Gasteiger partial charge in [0, 0.05) is 6.61 Å². The summed E-state index contributed by atoms with van der Waals surface area (Å²) in [6.45, 7) is 12.8.